The second-order valence-electron chi connectivity index (χ2n) is 5.64. The molecule has 2 aromatic heterocycles. The summed E-state index contributed by atoms with van der Waals surface area (Å²) in [5.41, 5.74) is 5.78. The molecule has 3 rings (SSSR count). The number of nitrogens with zero attached hydrogens (tertiary/aromatic N) is 1. The zero-order valence-corrected chi connectivity index (χ0v) is 15.6. The van der Waals surface area contributed by atoms with Crippen LogP contribution >= 0.6 is 34.6 Å². The standard InChI is InChI=1S/C15H18N4O2S3/c1-8-2-5-10(23-8)7-22-14-11(12(16)20)13(24-19-14)18-15(21)17-6-9-3-4-9/h2,5,9H,3-4,6-7H2,1H3,(H2,16,20)(H2,17,18,21). The van der Waals surface area contributed by atoms with Crippen LogP contribution in [0.3, 0.4) is 0 Å². The molecule has 0 aliphatic heterocycles. The van der Waals surface area contributed by atoms with Crippen molar-refractivity contribution in [3.63, 3.8) is 0 Å². The number of amides is 3. The van der Waals surface area contributed by atoms with Crippen LogP contribution in [0.1, 0.15) is 33.0 Å². The number of hydrogen-bond acceptors (Lipinski definition) is 6. The van der Waals surface area contributed by atoms with Crippen LogP contribution in [0.5, 0.6) is 0 Å². The van der Waals surface area contributed by atoms with Gasteiger partial charge in [-0.25, -0.2) is 4.79 Å². The van der Waals surface area contributed by atoms with Crippen LogP contribution in [0.4, 0.5) is 9.80 Å². The number of rotatable bonds is 7. The molecule has 4 N–H and O–H groups in total. The summed E-state index contributed by atoms with van der Waals surface area (Å²) in [6.07, 6.45) is 2.33. The Hall–Kier alpha value is -1.58. The summed E-state index contributed by atoms with van der Waals surface area (Å²) >= 11 is 4.25. The lowest BCUT2D eigenvalue weighted by Crippen LogP contribution is -2.30. The summed E-state index contributed by atoms with van der Waals surface area (Å²) in [6.45, 7) is 2.72. The highest BCUT2D eigenvalue weighted by Crippen LogP contribution is 2.34. The first-order valence-electron chi connectivity index (χ1n) is 7.55. The third-order valence-corrected chi connectivity index (χ3v) is 6.62. The maximum Gasteiger partial charge on any atom is 0.319 e. The molecule has 0 aromatic carbocycles. The van der Waals surface area contributed by atoms with Crippen molar-refractivity contribution in [2.24, 2.45) is 11.7 Å². The maximum atomic E-state index is 11.9. The van der Waals surface area contributed by atoms with Gasteiger partial charge < -0.3 is 11.1 Å². The molecule has 9 heteroatoms. The lowest BCUT2D eigenvalue weighted by Gasteiger charge is -2.06. The van der Waals surface area contributed by atoms with E-state index in [1.165, 1.54) is 21.5 Å². The molecule has 1 saturated carbocycles. The number of aromatic nitrogens is 1. The molecule has 1 fully saturated rings. The minimum Gasteiger partial charge on any atom is -0.365 e. The van der Waals surface area contributed by atoms with E-state index in [1.807, 2.05) is 0 Å². The molecule has 0 saturated heterocycles. The number of aryl methyl sites for hydroxylation is 1. The second kappa shape index (κ2) is 7.54. The Morgan fingerprint density at radius 2 is 2.21 bits per heavy atom. The first-order chi connectivity index (χ1) is 11.5. The van der Waals surface area contributed by atoms with Crippen molar-refractivity contribution in [2.45, 2.75) is 30.5 Å². The van der Waals surface area contributed by atoms with Gasteiger partial charge in [-0.05, 0) is 49.3 Å². The van der Waals surface area contributed by atoms with E-state index >= 15 is 0 Å². The molecule has 2 aromatic rings. The Bertz CT molecular complexity index is 752. The lowest BCUT2D eigenvalue weighted by molar-refractivity contribution is 0.0998. The first kappa shape index (κ1) is 17.2. The van der Waals surface area contributed by atoms with Crippen LogP contribution in [0, 0.1) is 12.8 Å². The van der Waals surface area contributed by atoms with E-state index in [9.17, 15) is 9.59 Å². The molecule has 2 heterocycles. The summed E-state index contributed by atoms with van der Waals surface area (Å²) in [6, 6.07) is 3.81. The molecule has 1 aliphatic carbocycles. The van der Waals surface area contributed by atoms with Crippen molar-refractivity contribution in [2.75, 3.05) is 11.9 Å². The Morgan fingerprint density at radius 3 is 2.83 bits per heavy atom. The predicted octanol–water partition coefficient (Wildman–Crippen LogP) is 3.44. The molecule has 0 bridgehead atoms. The lowest BCUT2D eigenvalue weighted by atomic mass is 10.3. The quantitative estimate of drug-likeness (QED) is 0.639. The third kappa shape index (κ3) is 4.49. The van der Waals surface area contributed by atoms with Crippen molar-refractivity contribution < 1.29 is 9.59 Å². The number of nitrogens with one attached hydrogen (secondary N) is 2. The summed E-state index contributed by atoms with van der Waals surface area (Å²) < 4.78 is 4.29. The van der Waals surface area contributed by atoms with E-state index < -0.39 is 5.91 Å². The number of carbonyl (C=O) groups excluding carboxylic acids is 2. The van der Waals surface area contributed by atoms with Gasteiger partial charge in [0.1, 0.15) is 15.6 Å². The van der Waals surface area contributed by atoms with Gasteiger partial charge in [-0.3, -0.25) is 10.1 Å². The molecule has 6 nitrogen and oxygen atoms in total. The van der Waals surface area contributed by atoms with Gasteiger partial charge >= 0.3 is 6.03 Å². The van der Waals surface area contributed by atoms with Gasteiger partial charge in [0.25, 0.3) is 5.91 Å². The van der Waals surface area contributed by atoms with E-state index in [1.54, 1.807) is 11.3 Å². The monoisotopic (exact) mass is 382 g/mol. The van der Waals surface area contributed by atoms with Crippen LogP contribution in [0.15, 0.2) is 17.2 Å². The van der Waals surface area contributed by atoms with Gasteiger partial charge in [0, 0.05) is 22.1 Å². The normalized spacial score (nSPS) is 13.7. The maximum absolute atomic E-state index is 11.9. The predicted molar refractivity (Wildman–Crippen MR) is 99.0 cm³/mol. The molecule has 3 amide bonds. The van der Waals surface area contributed by atoms with E-state index in [2.05, 4.69) is 34.1 Å². The number of thiophene rings is 1. The number of primary amides is 1. The largest absolute Gasteiger partial charge is 0.365 e. The fraction of sp³-hybridized carbons (Fsp3) is 0.400. The van der Waals surface area contributed by atoms with E-state index in [0.717, 1.165) is 30.1 Å². The zero-order valence-electron chi connectivity index (χ0n) is 13.1. The number of thioether (sulfide) groups is 1. The molecule has 0 atom stereocenters. The van der Waals surface area contributed by atoms with Gasteiger partial charge in [0.15, 0.2) is 0 Å². The van der Waals surface area contributed by atoms with Gasteiger partial charge in [-0.1, -0.05) is 11.8 Å². The highest BCUT2D eigenvalue weighted by Gasteiger charge is 2.23. The topological polar surface area (TPSA) is 97.1 Å². The van der Waals surface area contributed by atoms with E-state index in [-0.39, 0.29) is 6.03 Å². The van der Waals surface area contributed by atoms with Gasteiger partial charge in [-0.15, -0.1) is 11.3 Å². The molecule has 0 unspecified atom stereocenters. The van der Waals surface area contributed by atoms with Crippen molar-refractivity contribution in [1.82, 2.24) is 9.69 Å². The van der Waals surface area contributed by atoms with Crippen LogP contribution in [0.2, 0.25) is 0 Å². The smallest absolute Gasteiger partial charge is 0.319 e. The molecular formula is C15H18N4O2S3. The summed E-state index contributed by atoms with van der Waals surface area (Å²) in [5.74, 6) is 0.731. The van der Waals surface area contributed by atoms with Crippen molar-refractivity contribution in [1.29, 1.82) is 0 Å². The Morgan fingerprint density at radius 1 is 1.42 bits per heavy atom. The van der Waals surface area contributed by atoms with E-state index in [0.29, 0.717) is 28.1 Å². The molecular weight excluding hydrogens is 364 g/mol. The fourth-order valence-corrected chi connectivity index (χ4v) is 4.99. The summed E-state index contributed by atoms with van der Waals surface area (Å²) in [5, 5.41) is 6.46. The third-order valence-electron chi connectivity index (χ3n) is 3.53. The zero-order chi connectivity index (χ0) is 17.1. The highest BCUT2D eigenvalue weighted by molar-refractivity contribution is 7.98. The summed E-state index contributed by atoms with van der Waals surface area (Å²) in [7, 11) is 0. The molecule has 1 aliphatic rings. The number of carbonyl (C=O) groups is 2. The Kier molecular flexibility index (Phi) is 5.42. The average Bonchev–Trinajstić information content (AvgIpc) is 3.14. The number of hydrogen-bond donors (Lipinski definition) is 3. The van der Waals surface area contributed by atoms with Crippen molar-refractivity contribution in [3.05, 3.63) is 27.5 Å². The first-order valence-corrected chi connectivity index (χ1v) is 10.1. The van der Waals surface area contributed by atoms with Crippen molar-refractivity contribution >= 4 is 51.6 Å². The minimum absolute atomic E-state index is 0.292. The number of anilines is 1. The highest BCUT2D eigenvalue weighted by atomic mass is 32.2. The van der Waals surface area contributed by atoms with Crippen LogP contribution in [-0.2, 0) is 5.75 Å². The van der Waals surface area contributed by atoms with Gasteiger partial charge in [0.05, 0.1) is 0 Å². The summed E-state index contributed by atoms with van der Waals surface area (Å²) in [4.78, 5) is 26.1. The van der Waals surface area contributed by atoms with Crippen molar-refractivity contribution in [3.8, 4) is 0 Å². The van der Waals surface area contributed by atoms with Crippen LogP contribution < -0.4 is 16.4 Å². The Balaban J connectivity index is 1.64. The Labute approximate surface area is 152 Å². The van der Waals surface area contributed by atoms with Gasteiger partial charge in [-0.2, -0.15) is 4.37 Å². The van der Waals surface area contributed by atoms with Crippen LogP contribution in [0.25, 0.3) is 0 Å². The molecule has 128 valence electrons. The van der Waals surface area contributed by atoms with Gasteiger partial charge in [0.2, 0.25) is 0 Å². The molecule has 0 radical (unpaired) electrons. The fourth-order valence-electron chi connectivity index (χ4n) is 2.09. The molecule has 24 heavy (non-hydrogen) atoms. The number of nitrogens with two attached hydrogens (primary N) is 1. The molecule has 0 spiro atoms. The van der Waals surface area contributed by atoms with E-state index in [4.69, 9.17) is 5.73 Å². The number of urea groups is 1. The average molecular weight is 383 g/mol. The minimum atomic E-state index is -0.578. The SMILES string of the molecule is Cc1ccc(CSc2nsc(NC(=O)NCC3CC3)c2C(N)=O)s1. The van der Waals surface area contributed by atoms with Crippen LogP contribution in [-0.4, -0.2) is 22.9 Å². The second-order valence-corrected chi connectivity index (χ2v) is 8.75.